The van der Waals surface area contributed by atoms with Gasteiger partial charge in [-0.2, -0.15) is 0 Å². The lowest BCUT2D eigenvalue weighted by Gasteiger charge is -2.00. The second kappa shape index (κ2) is 9.96. The zero-order valence-corrected chi connectivity index (χ0v) is 16.2. The average molecular weight is 372 g/mol. The van der Waals surface area contributed by atoms with Gasteiger partial charge in [-0.15, -0.1) is 11.8 Å². The molecule has 0 saturated heterocycles. The molecule has 25 heavy (non-hydrogen) atoms. The van der Waals surface area contributed by atoms with Crippen molar-refractivity contribution in [2.45, 2.75) is 23.8 Å². The van der Waals surface area contributed by atoms with Gasteiger partial charge >= 0.3 is 0 Å². The summed E-state index contributed by atoms with van der Waals surface area (Å²) < 4.78 is 1.30. The molecule has 0 aliphatic heterocycles. The molecule has 0 unspecified atom stereocenters. The number of carbonyl (C=O) groups is 1. The summed E-state index contributed by atoms with van der Waals surface area (Å²) in [5.74, 6) is 1.01. The highest BCUT2D eigenvalue weighted by molar-refractivity contribution is 8.00. The van der Waals surface area contributed by atoms with E-state index in [4.69, 9.17) is 0 Å². The van der Waals surface area contributed by atoms with Crippen LogP contribution in [0, 0.1) is 13.8 Å². The van der Waals surface area contributed by atoms with Gasteiger partial charge in [-0.3, -0.25) is 9.78 Å². The Bertz CT molecular complexity index is 786. The van der Waals surface area contributed by atoms with E-state index in [1.54, 1.807) is 35.7 Å². The Kier molecular flexibility index (Phi) is 7.63. The zero-order chi connectivity index (χ0) is 18.1. The first-order valence-corrected chi connectivity index (χ1v) is 9.62. The molecule has 4 nitrogen and oxygen atoms in total. The van der Waals surface area contributed by atoms with Crippen LogP contribution in [0.25, 0.3) is 0 Å². The fourth-order valence-electron chi connectivity index (χ4n) is 1.90. The molecule has 130 valence electrons. The van der Waals surface area contributed by atoms with E-state index in [0.717, 1.165) is 22.9 Å². The lowest BCUT2D eigenvalue weighted by Crippen LogP contribution is -1.84. The molecule has 0 saturated carbocycles. The van der Waals surface area contributed by atoms with Gasteiger partial charge in [-0.1, -0.05) is 47.2 Å². The van der Waals surface area contributed by atoms with Crippen molar-refractivity contribution >= 4 is 34.5 Å². The Hall–Kier alpha value is -2.18. The summed E-state index contributed by atoms with van der Waals surface area (Å²) in [6.07, 6.45) is 2.31. The minimum atomic E-state index is 0.479. The van der Waals surface area contributed by atoms with Crippen molar-refractivity contribution in [2.75, 3.05) is 12.4 Å². The number of aldehydes is 1. The standard InChI is InChI=1S/C13H16N2S2.C6H5NO/c1-9-4-6-11(7-5-9)8-16-12-10(2)15-13(14-3)17-12;8-5-6-3-1-2-4-7-6/h4-7H,8H2,1-3H3,(H,14,15);1-5H. The third kappa shape index (κ3) is 6.32. The van der Waals surface area contributed by atoms with Crippen molar-refractivity contribution in [3.05, 3.63) is 71.2 Å². The molecule has 0 aliphatic rings. The number of nitrogens with one attached hydrogen (secondary N) is 1. The van der Waals surface area contributed by atoms with Crippen LogP contribution in [0.3, 0.4) is 0 Å². The summed E-state index contributed by atoms with van der Waals surface area (Å²) in [5.41, 5.74) is 4.27. The Balaban J connectivity index is 0.000000236. The molecule has 0 fully saturated rings. The van der Waals surface area contributed by atoms with E-state index in [1.807, 2.05) is 18.8 Å². The molecule has 0 bridgehead atoms. The number of anilines is 1. The highest BCUT2D eigenvalue weighted by Gasteiger charge is 2.07. The van der Waals surface area contributed by atoms with Gasteiger partial charge in [0.2, 0.25) is 0 Å². The van der Waals surface area contributed by atoms with Gasteiger partial charge in [0.15, 0.2) is 11.4 Å². The summed E-state index contributed by atoms with van der Waals surface area (Å²) >= 11 is 3.58. The van der Waals surface area contributed by atoms with Gasteiger partial charge in [-0.05, 0) is 31.5 Å². The Morgan fingerprint density at radius 2 is 1.92 bits per heavy atom. The quantitative estimate of drug-likeness (QED) is 0.506. The zero-order valence-electron chi connectivity index (χ0n) is 14.5. The topological polar surface area (TPSA) is 54.9 Å². The summed E-state index contributed by atoms with van der Waals surface area (Å²) in [4.78, 5) is 18.1. The first-order chi connectivity index (χ1) is 12.1. The third-order valence-electron chi connectivity index (χ3n) is 3.27. The maximum Gasteiger partial charge on any atom is 0.183 e. The van der Waals surface area contributed by atoms with Crippen LogP contribution >= 0.6 is 23.1 Å². The number of pyridine rings is 1. The van der Waals surface area contributed by atoms with E-state index in [-0.39, 0.29) is 0 Å². The van der Waals surface area contributed by atoms with Crippen LogP contribution < -0.4 is 5.32 Å². The number of aryl methyl sites for hydroxylation is 2. The lowest BCUT2D eigenvalue weighted by atomic mass is 10.2. The number of thiazole rings is 1. The molecule has 6 heteroatoms. The fourth-order valence-corrected chi connectivity index (χ4v) is 3.95. The molecule has 0 spiro atoms. The van der Waals surface area contributed by atoms with Crippen LogP contribution in [-0.4, -0.2) is 23.3 Å². The van der Waals surface area contributed by atoms with E-state index < -0.39 is 0 Å². The molecule has 1 N–H and O–H groups in total. The fraction of sp³-hybridized carbons (Fsp3) is 0.211. The van der Waals surface area contributed by atoms with Crippen LogP contribution in [0.15, 0.2) is 52.9 Å². The maximum atomic E-state index is 9.94. The largest absolute Gasteiger partial charge is 0.365 e. The van der Waals surface area contributed by atoms with Crippen LogP contribution in [0.2, 0.25) is 0 Å². The Morgan fingerprint density at radius 1 is 1.16 bits per heavy atom. The molecule has 2 aromatic heterocycles. The second-order valence-corrected chi connectivity index (χ2v) is 7.53. The molecule has 2 heterocycles. The lowest BCUT2D eigenvalue weighted by molar-refractivity contribution is 0.111. The minimum absolute atomic E-state index is 0.479. The summed E-state index contributed by atoms with van der Waals surface area (Å²) in [6.45, 7) is 4.18. The number of aromatic nitrogens is 2. The molecular weight excluding hydrogens is 350 g/mol. The number of hydrogen-bond donors (Lipinski definition) is 1. The van der Waals surface area contributed by atoms with E-state index in [2.05, 4.69) is 53.4 Å². The first-order valence-electron chi connectivity index (χ1n) is 7.82. The van der Waals surface area contributed by atoms with E-state index in [0.29, 0.717) is 5.69 Å². The summed E-state index contributed by atoms with van der Waals surface area (Å²) in [7, 11) is 1.91. The molecule has 3 aromatic rings. The van der Waals surface area contributed by atoms with Crippen molar-refractivity contribution < 1.29 is 4.79 Å². The SMILES string of the molecule is CNc1nc(C)c(SCc2ccc(C)cc2)s1.O=Cc1ccccn1. The van der Waals surface area contributed by atoms with Crippen molar-refractivity contribution in [3.63, 3.8) is 0 Å². The maximum absolute atomic E-state index is 9.94. The van der Waals surface area contributed by atoms with E-state index in [9.17, 15) is 4.79 Å². The molecule has 0 atom stereocenters. The van der Waals surface area contributed by atoms with Gasteiger partial charge < -0.3 is 5.32 Å². The smallest absolute Gasteiger partial charge is 0.183 e. The van der Waals surface area contributed by atoms with Gasteiger partial charge in [0.05, 0.1) is 9.90 Å². The number of carbonyl (C=O) groups excluding carboxylic acids is 1. The first kappa shape index (κ1) is 19.1. The molecular formula is C19H21N3OS2. The number of benzene rings is 1. The predicted octanol–water partition coefficient (Wildman–Crippen LogP) is 4.99. The molecule has 0 amide bonds. The highest BCUT2D eigenvalue weighted by atomic mass is 32.2. The van der Waals surface area contributed by atoms with Crippen LogP contribution in [0.5, 0.6) is 0 Å². The number of rotatable bonds is 5. The van der Waals surface area contributed by atoms with Gasteiger partial charge in [-0.25, -0.2) is 4.98 Å². The monoisotopic (exact) mass is 371 g/mol. The van der Waals surface area contributed by atoms with Crippen LogP contribution in [0.1, 0.15) is 27.3 Å². The van der Waals surface area contributed by atoms with Gasteiger partial charge in [0, 0.05) is 19.0 Å². The number of thioether (sulfide) groups is 1. The van der Waals surface area contributed by atoms with E-state index in [1.165, 1.54) is 15.3 Å². The average Bonchev–Trinajstić information content (AvgIpc) is 3.02. The van der Waals surface area contributed by atoms with Crippen molar-refractivity contribution in [1.82, 2.24) is 9.97 Å². The number of hydrogen-bond acceptors (Lipinski definition) is 6. The van der Waals surface area contributed by atoms with Gasteiger partial charge in [0.25, 0.3) is 0 Å². The third-order valence-corrected chi connectivity index (χ3v) is 5.88. The minimum Gasteiger partial charge on any atom is -0.365 e. The van der Waals surface area contributed by atoms with Crippen molar-refractivity contribution in [2.24, 2.45) is 0 Å². The van der Waals surface area contributed by atoms with Crippen LogP contribution in [-0.2, 0) is 5.75 Å². The van der Waals surface area contributed by atoms with Crippen molar-refractivity contribution in [1.29, 1.82) is 0 Å². The Labute approximate surface area is 156 Å². The summed E-state index contributed by atoms with van der Waals surface area (Å²) in [5, 5.41) is 4.08. The molecule has 3 rings (SSSR count). The molecule has 0 aliphatic carbocycles. The highest BCUT2D eigenvalue weighted by Crippen LogP contribution is 2.33. The van der Waals surface area contributed by atoms with Gasteiger partial charge in [0.1, 0.15) is 5.69 Å². The Morgan fingerprint density at radius 3 is 2.44 bits per heavy atom. The molecule has 0 radical (unpaired) electrons. The van der Waals surface area contributed by atoms with Crippen LogP contribution in [0.4, 0.5) is 5.13 Å². The second-order valence-electron chi connectivity index (χ2n) is 5.29. The van der Waals surface area contributed by atoms with E-state index >= 15 is 0 Å². The van der Waals surface area contributed by atoms with Crippen molar-refractivity contribution in [3.8, 4) is 0 Å². The number of nitrogens with zero attached hydrogens (tertiary/aromatic N) is 2. The predicted molar refractivity (Wildman–Crippen MR) is 107 cm³/mol. The normalized spacial score (nSPS) is 9.88. The molecule has 1 aromatic carbocycles. The summed E-state index contributed by atoms with van der Waals surface area (Å²) in [6, 6.07) is 13.9.